The minimum Gasteiger partial charge on any atom is -0.127 e. The summed E-state index contributed by atoms with van der Waals surface area (Å²) in [6.07, 6.45) is 4.66. The average Bonchev–Trinajstić information content (AvgIpc) is 2.31. The lowest BCUT2D eigenvalue weighted by molar-refractivity contribution is 0.231. The monoisotopic (exact) mass is 358 g/mol. The van der Waals surface area contributed by atoms with Gasteiger partial charge in [0, 0.05) is 0 Å². The predicted octanol–water partition coefficient (Wildman–Crippen LogP) is 6.69. The molecular formula is C22H38Si2. The van der Waals surface area contributed by atoms with Crippen LogP contribution in [0.15, 0.2) is 23.3 Å². The van der Waals surface area contributed by atoms with E-state index in [0.717, 1.165) is 0 Å². The molecule has 0 aliphatic carbocycles. The summed E-state index contributed by atoms with van der Waals surface area (Å²) in [5.41, 5.74) is 9.32. The van der Waals surface area contributed by atoms with Gasteiger partial charge >= 0.3 is 0 Å². The van der Waals surface area contributed by atoms with E-state index in [-0.39, 0.29) is 10.8 Å². The van der Waals surface area contributed by atoms with Gasteiger partial charge in [0.2, 0.25) is 0 Å². The average molecular weight is 359 g/mol. The molecular weight excluding hydrogens is 320 g/mol. The van der Waals surface area contributed by atoms with Crippen LogP contribution in [0.2, 0.25) is 39.3 Å². The van der Waals surface area contributed by atoms with E-state index in [2.05, 4.69) is 116 Å². The van der Waals surface area contributed by atoms with Gasteiger partial charge in [0.05, 0.1) is 0 Å². The zero-order valence-electron chi connectivity index (χ0n) is 18.2. The molecule has 0 saturated heterocycles. The van der Waals surface area contributed by atoms with Gasteiger partial charge in [0.25, 0.3) is 0 Å². The van der Waals surface area contributed by atoms with Gasteiger partial charge in [-0.3, -0.25) is 0 Å². The van der Waals surface area contributed by atoms with Crippen molar-refractivity contribution in [3.63, 3.8) is 0 Å². The number of rotatable bonds is 3. The highest BCUT2D eigenvalue weighted by atomic mass is 28.3. The van der Waals surface area contributed by atoms with Crippen molar-refractivity contribution in [1.82, 2.24) is 0 Å². The molecule has 0 aromatic carbocycles. The Morgan fingerprint density at radius 1 is 0.625 bits per heavy atom. The molecule has 0 atom stereocenters. The summed E-state index contributed by atoms with van der Waals surface area (Å²) in [4.78, 5) is 0. The molecule has 0 aromatic rings. The second-order valence-electron chi connectivity index (χ2n) is 10.1. The molecule has 0 aromatic heterocycles. The molecule has 0 radical (unpaired) electrons. The molecule has 0 unspecified atom stereocenters. The maximum Gasteiger partial charge on any atom is 0.129 e. The van der Waals surface area contributed by atoms with Crippen molar-refractivity contribution in [3.8, 4) is 22.9 Å². The van der Waals surface area contributed by atoms with Crippen LogP contribution in [0.5, 0.6) is 0 Å². The van der Waals surface area contributed by atoms with Crippen molar-refractivity contribution >= 4 is 16.1 Å². The minimum atomic E-state index is -1.32. The molecule has 134 valence electrons. The first-order valence-corrected chi connectivity index (χ1v) is 15.9. The fraction of sp³-hybridized carbons (Fsp3) is 0.636. The zero-order chi connectivity index (χ0) is 19.4. The maximum atomic E-state index is 3.46. The lowest BCUT2D eigenvalue weighted by Gasteiger charge is -2.38. The Morgan fingerprint density at radius 3 is 1.08 bits per heavy atom. The summed E-state index contributed by atoms with van der Waals surface area (Å²) in [6.45, 7) is 27.1. The van der Waals surface area contributed by atoms with E-state index in [1.54, 1.807) is 0 Å². The van der Waals surface area contributed by atoms with Crippen LogP contribution in [0.25, 0.3) is 0 Å². The molecule has 0 N–H and O–H groups in total. The van der Waals surface area contributed by atoms with E-state index in [0.29, 0.717) is 0 Å². The Bertz CT molecular complexity index is 564. The third-order valence-electron chi connectivity index (χ3n) is 4.08. The third-order valence-corrected chi connectivity index (χ3v) is 5.83. The summed E-state index contributed by atoms with van der Waals surface area (Å²) in [5.74, 6) is 6.76. The van der Waals surface area contributed by atoms with Crippen LogP contribution in [-0.2, 0) is 0 Å². The highest BCUT2D eigenvalue weighted by Gasteiger charge is 2.33. The Morgan fingerprint density at radius 2 is 0.875 bits per heavy atom. The predicted molar refractivity (Wildman–Crippen MR) is 117 cm³/mol. The Hall–Kier alpha value is -0.966. The molecule has 0 rings (SSSR count). The van der Waals surface area contributed by atoms with E-state index < -0.39 is 16.1 Å². The second-order valence-corrected chi connectivity index (χ2v) is 19.6. The van der Waals surface area contributed by atoms with Crippen LogP contribution >= 0.6 is 0 Å². The Balaban J connectivity index is 5.58. The summed E-state index contributed by atoms with van der Waals surface area (Å²) in [5, 5.41) is 0. The van der Waals surface area contributed by atoms with E-state index >= 15 is 0 Å². The van der Waals surface area contributed by atoms with Crippen molar-refractivity contribution in [3.05, 3.63) is 23.3 Å². The molecule has 2 heteroatoms. The SMILES string of the molecule is C/C(C#C[Si](C)(C)C)=C\C(C)(C)C(C)(C)/C=C(\C)C#C[Si](C)(C)C. The van der Waals surface area contributed by atoms with Gasteiger partial charge in [-0.05, 0) is 35.8 Å². The van der Waals surface area contributed by atoms with E-state index in [9.17, 15) is 0 Å². The molecule has 0 spiro atoms. The highest BCUT2D eigenvalue weighted by Crippen LogP contribution is 2.42. The summed E-state index contributed by atoms with van der Waals surface area (Å²) < 4.78 is 0. The van der Waals surface area contributed by atoms with Crippen LogP contribution in [0, 0.1) is 33.8 Å². The van der Waals surface area contributed by atoms with Crippen molar-refractivity contribution < 1.29 is 0 Å². The molecule has 0 aliphatic rings. The van der Waals surface area contributed by atoms with E-state index in [1.807, 2.05) is 0 Å². The van der Waals surface area contributed by atoms with Crippen molar-refractivity contribution in [2.75, 3.05) is 0 Å². The lowest BCUT2D eigenvalue weighted by Crippen LogP contribution is -2.29. The number of hydrogen-bond acceptors (Lipinski definition) is 0. The van der Waals surface area contributed by atoms with Crippen molar-refractivity contribution in [1.29, 1.82) is 0 Å². The second kappa shape index (κ2) is 7.94. The normalized spacial score (nSPS) is 14.5. The van der Waals surface area contributed by atoms with Crippen LogP contribution in [0.4, 0.5) is 0 Å². The van der Waals surface area contributed by atoms with Gasteiger partial charge in [-0.2, -0.15) is 0 Å². The fourth-order valence-corrected chi connectivity index (χ4v) is 3.24. The molecule has 0 heterocycles. The van der Waals surface area contributed by atoms with E-state index in [4.69, 9.17) is 0 Å². The van der Waals surface area contributed by atoms with Crippen LogP contribution < -0.4 is 0 Å². The quantitative estimate of drug-likeness (QED) is 0.389. The number of allylic oxidation sites excluding steroid dienone is 4. The Labute approximate surface area is 154 Å². The van der Waals surface area contributed by atoms with Gasteiger partial charge in [-0.15, -0.1) is 11.1 Å². The lowest BCUT2D eigenvalue weighted by atomic mass is 9.66. The van der Waals surface area contributed by atoms with Gasteiger partial charge in [-0.1, -0.05) is 91.0 Å². The molecule has 0 nitrogen and oxygen atoms in total. The van der Waals surface area contributed by atoms with Crippen molar-refractivity contribution in [2.24, 2.45) is 10.8 Å². The topological polar surface area (TPSA) is 0 Å². The fourth-order valence-electron chi connectivity index (χ4n) is 2.10. The first-order valence-electron chi connectivity index (χ1n) is 8.90. The van der Waals surface area contributed by atoms with Crippen molar-refractivity contribution in [2.45, 2.75) is 80.8 Å². The Kier molecular flexibility index (Phi) is 7.62. The third kappa shape index (κ3) is 9.36. The van der Waals surface area contributed by atoms with Crippen LogP contribution in [0.1, 0.15) is 41.5 Å². The van der Waals surface area contributed by atoms with E-state index in [1.165, 1.54) is 11.1 Å². The van der Waals surface area contributed by atoms with Gasteiger partial charge in [0.1, 0.15) is 16.1 Å². The van der Waals surface area contributed by atoms with Crippen LogP contribution in [-0.4, -0.2) is 16.1 Å². The first-order chi connectivity index (χ1) is 10.5. The largest absolute Gasteiger partial charge is 0.129 e. The minimum absolute atomic E-state index is 0.0211. The zero-order valence-corrected chi connectivity index (χ0v) is 20.2. The standard InChI is InChI=1S/C22H38Si2/c1-19(13-15-23(7,8)9)17-21(3,4)22(5,6)18-20(2)14-16-24(10,11)12/h17-18H,1-12H3/b19-17+,20-18+. The number of hydrogen-bond donors (Lipinski definition) is 0. The molecule has 0 bridgehead atoms. The smallest absolute Gasteiger partial charge is 0.127 e. The first kappa shape index (κ1) is 23.0. The summed E-state index contributed by atoms with van der Waals surface area (Å²) >= 11 is 0. The molecule has 0 amide bonds. The van der Waals surface area contributed by atoms with Gasteiger partial charge in [-0.25, -0.2) is 0 Å². The highest BCUT2D eigenvalue weighted by molar-refractivity contribution is 6.84. The summed E-state index contributed by atoms with van der Waals surface area (Å²) in [7, 11) is -2.65. The van der Waals surface area contributed by atoms with Crippen LogP contribution in [0.3, 0.4) is 0 Å². The molecule has 24 heavy (non-hydrogen) atoms. The molecule has 0 fully saturated rings. The molecule has 0 saturated carbocycles. The van der Waals surface area contributed by atoms with Gasteiger partial charge < -0.3 is 0 Å². The molecule has 0 aliphatic heterocycles. The summed E-state index contributed by atoms with van der Waals surface area (Å²) in [6, 6.07) is 0. The van der Waals surface area contributed by atoms with Gasteiger partial charge in [0.15, 0.2) is 0 Å². The maximum absolute atomic E-state index is 3.46.